The van der Waals surface area contributed by atoms with Gasteiger partial charge in [0.05, 0.1) is 0 Å². The van der Waals surface area contributed by atoms with Gasteiger partial charge in [0.1, 0.15) is 5.82 Å². The van der Waals surface area contributed by atoms with Gasteiger partial charge in [0.15, 0.2) is 5.69 Å². The lowest BCUT2D eigenvalue weighted by Crippen LogP contribution is -2.29. The van der Waals surface area contributed by atoms with Crippen molar-refractivity contribution in [3.05, 3.63) is 39.6 Å². The van der Waals surface area contributed by atoms with E-state index in [1.54, 1.807) is 15.9 Å². The maximum Gasteiger partial charge on any atom is 0.434 e. The standard InChI is InChI=1S/C15H18F3N3S/c1-10-2-4-12(22-10)7-19-6-11-3-5-14-20-13(15(16,17)18)9-21(14)8-11/h2,4,9,11,19H,3,5-8H2,1H3/t11-/m0/s1. The first kappa shape index (κ1) is 15.6. The van der Waals surface area contributed by atoms with Gasteiger partial charge >= 0.3 is 6.18 Å². The highest BCUT2D eigenvalue weighted by atomic mass is 32.1. The quantitative estimate of drug-likeness (QED) is 0.928. The van der Waals surface area contributed by atoms with E-state index in [2.05, 4.69) is 29.4 Å². The average molecular weight is 329 g/mol. The zero-order chi connectivity index (χ0) is 15.7. The Bertz CT molecular complexity index is 645. The van der Waals surface area contributed by atoms with Crippen LogP contribution in [0.1, 0.15) is 27.7 Å². The van der Waals surface area contributed by atoms with Gasteiger partial charge in [-0.05, 0) is 31.4 Å². The Morgan fingerprint density at radius 3 is 2.91 bits per heavy atom. The van der Waals surface area contributed by atoms with Gasteiger partial charge in [-0.3, -0.25) is 0 Å². The molecule has 3 heterocycles. The second-order valence-electron chi connectivity index (χ2n) is 5.74. The number of aromatic nitrogens is 2. The number of thiophene rings is 1. The van der Waals surface area contributed by atoms with Crippen molar-refractivity contribution in [2.24, 2.45) is 5.92 Å². The third kappa shape index (κ3) is 3.52. The van der Waals surface area contributed by atoms with E-state index in [4.69, 9.17) is 0 Å². The molecule has 0 aromatic carbocycles. The van der Waals surface area contributed by atoms with E-state index in [1.807, 2.05) is 0 Å². The molecular formula is C15H18F3N3S. The summed E-state index contributed by atoms with van der Waals surface area (Å²) in [5.74, 6) is 0.904. The Kier molecular flexibility index (Phi) is 4.27. The average Bonchev–Trinajstić information content (AvgIpc) is 3.04. The van der Waals surface area contributed by atoms with Crippen LogP contribution in [-0.4, -0.2) is 16.1 Å². The van der Waals surface area contributed by atoms with Crippen molar-refractivity contribution >= 4 is 11.3 Å². The molecule has 0 fully saturated rings. The predicted molar refractivity (Wildman–Crippen MR) is 79.8 cm³/mol. The highest BCUT2D eigenvalue weighted by Gasteiger charge is 2.35. The number of nitrogens with one attached hydrogen (secondary N) is 1. The first-order valence-electron chi connectivity index (χ1n) is 7.31. The molecule has 120 valence electrons. The van der Waals surface area contributed by atoms with Gasteiger partial charge in [0.25, 0.3) is 0 Å². The molecule has 1 aliphatic rings. The van der Waals surface area contributed by atoms with Crippen molar-refractivity contribution in [2.45, 2.75) is 39.0 Å². The number of imidazole rings is 1. The molecule has 0 unspecified atom stereocenters. The van der Waals surface area contributed by atoms with Crippen LogP contribution in [0.5, 0.6) is 0 Å². The molecule has 0 amide bonds. The molecule has 0 radical (unpaired) electrons. The predicted octanol–water partition coefficient (Wildman–Crippen LogP) is 3.62. The van der Waals surface area contributed by atoms with Crippen LogP contribution in [0.3, 0.4) is 0 Å². The number of hydrogen-bond donors (Lipinski definition) is 1. The first-order valence-corrected chi connectivity index (χ1v) is 8.13. The van der Waals surface area contributed by atoms with Gasteiger partial charge in [0, 0.05) is 42.0 Å². The smallest absolute Gasteiger partial charge is 0.334 e. The molecule has 2 aromatic heterocycles. The van der Waals surface area contributed by atoms with Crippen molar-refractivity contribution in [3.8, 4) is 0 Å². The minimum atomic E-state index is -4.35. The number of rotatable bonds is 4. The maximum atomic E-state index is 12.7. The molecule has 3 rings (SSSR count). The number of halogens is 3. The fraction of sp³-hybridized carbons (Fsp3) is 0.533. The van der Waals surface area contributed by atoms with E-state index in [0.717, 1.165) is 25.7 Å². The molecule has 1 aliphatic heterocycles. The number of alkyl halides is 3. The summed E-state index contributed by atoms with van der Waals surface area (Å²) in [7, 11) is 0. The molecule has 0 aliphatic carbocycles. The Hall–Kier alpha value is -1.34. The number of nitrogens with zero attached hydrogens (tertiary/aromatic N) is 2. The molecule has 2 aromatic rings. The van der Waals surface area contributed by atoms with E-state index >= 15 is 0 Å². The highest BCUT2D eigenvalue weighted by Crippen LogP contribution is 2.30. The fourth-order valence-electron chi connectivity index (χ4n) is 2.80. The topological polar surface area (TPSA) is 29.9 Å². The van der Waals surface area contributed by atoms with Crippen molar-refractivity contribution in [1.29, 1.82) is 0 Å². The summed E-state index contributed by atoms with van der Waals surface area (Å²) in [6.07, 6.45) is -1.72. The van der Waals surface area contributed by atoms with Gasteiger partial charge in [-0.2, -0.15) is 13.2 Å². The van der Waals surface area contributed by atoms with Crippen LogP contribution in [0.15, 0.2) is 18.3 Å². The molecule has 0 bridgehead atoms. The molecule has 0 saturated heterocycles. The molecule has 1 atom stereocenters. The van der Waals surface area contributed by atoms with E-state index in [9.17, 15) is 13.2 Å². The van der Waals surface area contributed by atoms with Crippen LogP contribution in [0, 0.1) is 12.8 Å². The van der Waals surface area contributed by atoms with Crippen molar-refractivity contribution in [1.82, 2.24) is 14.9 Å². The summed E-state index contributed by atoms with van der Waals surface area (Å²) < 4.78 is 39.7. The normalized spacial score (nSPS) is 18.5. The van der Waals surface area contributed by atoms with Crippen LogP contribution in [0.2, 0.25) is 0 Å². The Balaban J connectivity index is 1.54. The fourth-order valence-corrected chi connectivity index (χ4v) is 3.66. The summed E-state index contributed by atoms with van der Waals surface area (Å²) in [4.78, 5) is 6.28. The maximum absolute atomic E-state index is 12.7. The third-order valence-corrected chi connectivity index (χ3v) is 4.91. The lowest BCUT2D eigenvalue weighted by molar-refractivity contribution is -0.141. The van der Waals surface area contributed by atoms with Gasteiger partial charge in [-0.15, -0.1) is 11.3 Å². The zero-order valence-electron chi connectivity index (χ0n) is 12.3. The summed E-state index contributed by atoms with van der Waals surface area (Å²) in [5.41, 5.74) is -0.773. The van der Waals surface area contributed by atoms with Crippen molar-refractivity contribution in [2.75, 3.05) is 6.54 Å². The Morgan fingerprint density at radius 2 is 2.23 bits per heavy atom. The van der Waals surface area contributed by atoms with Gasteiger partial charge in [0.2, 0.25) is 0 Å². The number of aryl methyl sites for hydroxylation is 2. The van der Waals surface area contributed by atoms with Crippen LogP contribution in [0.4, 0.5) is 13.2 Å². The number of hydrogen-bond acceptors (Lipinski definition) is 3. The van der Waals surface area contributed by atoms with Crippen molar-refractivity contribution < 1.29 is 13.2 Å². The molecular weight excluding hydrogens is 311 g/mol. The minimum absolute atomic E-state index is 0.351. The SMILES string of the molecule is Cc1ccc(CNC[C@@H]2CCc3nc(C(F)(F)F)cn3C2)s1. The highest BCUT2D eigenvalue weighted by molar-refractivity contribution is 7.11. The van der Waals surface area contributed by atoms with E-state index in [-0.39, 0.29) is 0 Å². The summed E-state index contributed by atoms with van der Waals surface area (Å²) in [6, 6.07) is 4.20. The van der Waals surface area contributed by atoms with E-state index in [0.29, 0.717) is 24.7 Å². The monoisotopic (exact) mass is 329 g/mol. The molecule has 22 heavy (non-hydrogen) atoms. The van der Waals surface area contributed by atoms with E-state index in [1.165, 1.54) is 9.75 Å². The molecule has 1 N–H and O–H groups in total. The molecule has 0 spiro atoms. The molecule has 0 saturated carbocycles. The summed E-state index contributed by atoms with van der Waals surface area (Å²) in [6.45, 7) is 4.32. The van der Waals surface area contributed by atoms with Crippen molar-refractivity contribution in [3.63, 3.8) is 0 Å². The number of fused-ring (bicyclic) bond motifs is 1. The third-order valence-electron chi connectivity index (χ3n) is 3.91. The summed E-state index contributed by atoms with van der Waals surface area (Å²) >= 11 is 1.77. The lowest BCUT2D eigenvalue weighted by atomic mass is 9.99. The van der Waals surface area contributed by atoms with Crippen LogP contribution >= 0.6 is 11.3 Å². The largest absolute Gasteiger partial charge is 0.434 e. The second kappa shape index (κ2) is 6.04. The first-order chi connectivity index (χ1) is 10.4. The Labute approximate surface area is 131 Å². The van der Waals surface area contributed by atoms with Gasteiger partial charge in [-0.1, -0.05) is 0 Å². The second-order valence-corrected chi connectivity index (χ2v) is 7.11. The van der Waals surface area contributed by atoms with Crippen LogP contribution < -0.4 is 5.32 Å². The van der Waals surface area contributed by atoms with Crippen LogP contribution in [0.25, 0.3) is 0 Å². The molecule has 7 heteroatoms. The molecule has 3 nitrogen and oxygen atoms in total. The van der Waals surface area contributed by atoms with Gasteiger partial charge < -0.3 is 9.88 Å². The minimum Gasteiger partial charge on any atom is -0.334 e. The zero-order valence-corrected chi connectivity index (χ0v) is 13.1. The van der Waals surface area contributed by atoms with Crippen LogP contribution in [-0.2, 0) is 25.7 Å². The Morgan fingerprint density at radius 1 is 1.41 bits per heavy atom. The summed E-state index contributed by atoms with van der Waals surface area (Å²) in [5, 5.41) is 3.41. The van der Waals surface area contributed by atoms with E-state index < -0.39 is 11.9 Å². The van der Waals surface area contributed by atoms with Gasteiger partial charge in [-0.25, -0.2) is 4.98 Å². The lowest BCUT2D eigenvalue weighted by Gasteiger charge is -2.23.